The Morgan fingerprint density at radius 1 is 1.00 bits per heavy atom. The molecule has 0 aliphatic rings. The summed E-state index contributed by atoms with van der Waals surface area (Å²) in [4.78, 5) is 26.4. The second-order valence-corrected chi connectivity index (χ2v) is 6.83. The van der Waals surface area contributed by atoms with Crippen molar-refractivity contribution in [2.75, 3.05) is 32.3 Å². The molecule has 0 aliphatic heterocycles. The smallest absolute Gasteiger partial charge is 0.310 e. The number of nitriles is 1. The minimum atomic E-state index is -0.531. The molecule has 0 fully saturated rings. The monoisotopic (exact) mass is 410 g/mol. The minimum absolute atomic E-state index is 0.00458. The number of carbonyl (C=O) groups excluding carboxylic acids is 2. The number of rotatable bonds is 9. The molecule has 7 heteroatoms. The Morgan fingerprint density at radius 2 is 1.67 bits per heavy atom. The summed E-state index contributed by atoms with van der Waals surface area (Å²) in [6.45, 7) is 3.70. The number of aryl methyl sites for hydroxylation is 2. The molecule has 0 radical (unpaired) electrons. The quantitative estimate of drug-likeness (QED) is 0.589. The van der Waals surface area contributed by atoms with Gasteiger partial charge in [0.25, 0.3) is 5.91 Å². The summed E-state index contributed by atoms with van der Waals surface area (Å²) >= 11 is 0. The summed E-state index contributed by atoms with van der Waals surface area (Å²) in [6.07, 6.45) is 0.174. The number of carbonyl (C=O) groups is 2. The summed E-state index contributed by atoms with van der Waals surface area (Å²) < 4.78 is 15.6. The Labute approximate surface area is 176 Å². The highest BCUT2D eigenvalue weighted by Gasteiger charge is 2.18. The largest absolute Gasteiger partial charge is 0.493 e. The van der Waals surface area contributed by atoms with Crippen LogP contribution in [-0.4, -0.2) is 39.2 Å². The summed E-state index contributed by atoms with van der Waals surface area (Å²) in [5, 5.41) is 8.92. The molecule has 0 bridgehead atoms. The number of anilines is 1. The van der Waals surface area contributed by atoms with E-state index in [4.69, 9.17) is 19.5 Å². The van der Waals surface area contributed by atoms with E-state index in [0.29, 0.717) is 22.7 Å². The highest BCUT2D eigenvalue weighted by molar-refractivity contribution is 5.95. The number of ether oxygens (including phenoxy) is 3. The lowest BCUT2D eigenvalue weighted by atomic mass is 10.1. The van der Waals surface area contributed by atoms with Gasteiger partial charge in [0, 0.05) is 12.2 Å². The van der Waals surface area contributed by atoms with Crippen LogP contribution in [0, 0.1) is 25.2 Å². The zero-order valence-electron chi connectivity index (χ0n) is 17.7. The van der Waals surface area contributed by atoms with Crippen molar-refractivity contribution in [1.29, 1.82) is 5.26 Å². The maximum absolute atomic E-state index is 12.7. The molecule has 0 saturated heterocycles. The van der Waals surface area contributed by atoms with Crippen molar-refractivity contribution < 1.29 is 23.8 Å². The van der Waals surface area contributed by atoms with E-state index in [1.54, 1.807) is 18.2 Å². The molecule has 0 spiro atoms. The van der Waals surface area contributed by atoms with E-state index in [2.05, 4.69) is 0 Å². The Bertz CT molecular complexity index is 929. The molecule has 1 amide bonds. The molecule has 2 aromatic carbocycles. The number of hydrogen-bond donors (Lipinski definition) is 0. The number of methoxy groups -OCH3 is 2. The van der Waals surface area contributed by atoms with Crippen molar-refractivity contribution >= 4 is 17.6 Å². The molecular formula is C23H26N2O5. The van der Waals surface area contributed by atoms with Crippen LogP contribution in [0.15, 0.2) is 36.4 Å². The van der Waals surface area contributed by atoms with Crippen LogP contribution in [0.5, 0.6) is 11.5 Å². The molecule has 0 atom stereocenters. The van der Waals surface area contributed by atoms with Crippen LogP contribution >= 0.6 is 0 Å². The Kier molecular flexibility index (Phi) is 8.24. The van der Waals surface area contributed by atoms with Crippen molar-refractivity contribution in [3.05, 3.63) is 53.1 Å². The zero-order chi connectivity index (χ0) is 22.1. The molecule has 0 unspecified atom stereocenters. The molecule has 2 rings (SSSR count). The first kappa shape index (κ1) is 22.8. The van der Waals surface area contributed by atoms with E-state index in [1.807, 2.05) is 38.1 Å². The molecule has 7 nitrogen and oxygen atoms in total. The lowest BCUT2D eigenvalue weighted by molar-refractivity contribution is -0.147. The van der Waals surface area contributed by atoms with Crippen molar-refractivity contribution in [2.24, 2.45) is 0 Å². The van der Waals surface area contributed by atoms with Gasteiger partial charge in [0.05, 0.1) is 33.1 Å². The van der Waals surface area contributed by atoms with Gasteiger partial charge >= 0.3 is 5.97 Å². The van der Waals surface area contributed by atoms with Gasteiger partial charge < -0.3 is 19.1 Å². The van der Waals surface area contributed by atoms with Gasteiger partial charge in [-0.25, -0.2) is 0 Å². The van der Waals surface area contributed by atoms with Crippen LogP contribution < -0.4 is 14.4 Å². The van der Waals surface area contributed by atoms with E-state index in [9.17, 15) is 9.59 Å². The van der Waals surface area contributed by atoms with Crippen molar-refractivity contribution in [2.45, 2.75) is 26.7 Å². The van der Waals surface area contributed by atoms with Gasteiger partial charge in [-0.3, -0.25) is 9.59 Å². The number of benzene rings is 2. The van der Waals surface area contributed by atoms with Crippen LogP contribution in [0.25, 0.3) is 0 Å². The second kappa shape index (κ2) is 10.9. The topological polar surface area (TPSA) is 88.9 Å². The van der Waals surface area contributed by atoms with Gasteiger partial charge in [-0.1, -0.05) is 12.1 Å². The van der Waals surface area contributed by atoms with Gasteiger partial charge in [0.1, 0.15) is 0 Å². The normalized spacial score (nSPS) is 10.1. The number of amides is 1. The zero-order valence-corrected chi connectivity index (χ0v) is 17.7. The third-order valence-corrected chi connectivity index (χ3v) is 4.42. The second-order valence-electron chi connectivity index (χ2n) is 6.83. The summed E-state index contributed by atoms with van der Waals surface area (Å²) in [6, 6.07) is 12.9. The molecule has 0 heterocycles. The Hall–Kier alpha value is -3.53. The standard InChI is InChI=1S/C23H26N2O5/c1-16-10-17(2)12-19(11-16)25(9-5-8-24)22(26)15-30-23(27)14-18-6-7-20(28-3)21(13-18)29-4/h6-7,10-13H,5,9,14-15H2,1-4H3. The number of hydrogen-bond acceptors (Lipinski definition) is 6. The predicted octanol–water partition coefficient (Wildman–Crippen LogP) is 3.35. The lowest BCUT2D eigenvalue weighted by Crippen LogP contribution is -2.35. The first-order chi connectivity index (χ1) is 14.4. The van der Waals surface area contributed by atoms with Gasteiger partial charge in [0.15, 0.2) is 18.1 Å². The molecular weight excluding hydrogens is 384 g/mol. The van der Waals surface area contributed by atoms with Crippen molar-refractivity contribution in [1.82, 2.24) is 0 Å². The van der Waals surface area contributed by atoms with E-state index in [1.165, 1.54) is 19.1 Å². The Morgan fingerprint density at radius 3 is 2.27 bits per heavy atom. The average Bonchev–Trinajstić information content (AvgIpc) is 2.71. The SMILES string of the molecule is COc1ccc(CC(=O)OCC(=O)N(CCC#N)c2cc(C)cc(C)c2)cc1OC. The fourth-order valence-corrected chi connectivity index (χ4v) is 3.09. The van der Waals surface area contributed by atoms with Crippen LogP contribution in [0.2, 0.25) is 0 Å². The first-order valence-electron chi connectivity index (χ1n) is 9.50. The van der Waals surface area contributed by atoms with Crippen molar-refractivity contribution in [3.8, 4) is 17.6 Å². The maximum Gasteiger partial charge on any atom is 0.310 e. The Balaban J connectivity index is 2.03. The molecule has 0 aromatic heterocycles. The van der Waals surface area contributed by atoms with E-state index in [0.717, 1.165) is 11.1 Å². The number of esters is 1. The highest BCUT2D eigenvalue weighted by Crippen LogP contribution is 2.27. The van der Waals surface area contributed by atoms with Crippen LogP contribution in [0.1, 0.15) is 23.1 Å². The van der Waals surface area contributed by atoms with Crippen LogP contribution in [0.3, 0.4) is 0 Å². The van der Waals surface area contributed by atoms with Gasteiger partial charge in [0.2, 0.25) is 0 Å². The lowest BCUT2D eigenvalue weighted by Gasteiger charge is -2.22. The third-order valence-electron chi connectivity index (χ3n) is 4.42. The average molecular weight is 410 g/mol. The molecule has 0 saturated carbocycles. The van der Waals surface area contributed by atoms with Gasteiger partial charge in [-0.2, -0.15) is 5.26 Å². The van der Waals surface area contributed by atoms with E-state index in [-0.39, 0.29) is 25.3 Å². The van der Waals surface area contributed by atoms with E-state index < -0.39 is 12.6 Å². The molecule has 2 aromatic rings. The summed E-state index contributed by atoms with van der Waals surface area (Å²) in [7, 11) is 3.05. The van der Waals surface area contributed by atoms with Crippen LogP contribution in [0.4, 0.5) is 5.69 Å². The molecule has 30 heavy (non-hydrogen) atoms. The van der Waals surface area contributed by atoms with E-state index >= 15 is 0 Å². The fraction of sp³-hybridized carbons (Fsp3) is 0.348. The molecule has 0 N–H and O–H groups in total. The fourth-order valence-electron chi connectivity index (χ4n) is 3.09. The first-order valence-corrected chi connectivity index (χ1v) is 9.50. The minimum Gasteiger partial charge on any atom is -0.493 e. The van der Waals surface area contributed by atoms with Gasteiger partial charge in [-0.15, -0.1) is 0 Å². The number of nitrogens with zero attached hydrogens (tertiary/aromatic N) is 2. The highest BCUT2D eigenvalue weighted by atomic mass is 16.5. The molecule has 158 valence electrons. The van der Waals surface area contributed by atoms with Crippen molar-refractivity contribution in [3.63, 3.8) is 0 Å². The van der Waals surface area contributed by atoms with Crippen LogP contribution in [-0.2, 0) is 20.7 Å². The maximum atomic E-state index is 12.7. The molecule has 0 aliphatic carbocycles. The predicted molar refractivity (Wildman–Crippen MR) is 113 cm³/mol. The summed E-state index contributed by atoms with van der Waals surface area (Å²) in [5.41, 5.74) is 3.37. The third kappa shape index (κ3) is 6.24. The van der Waals surface area contributed by atoms with Gasteiger partial charge in [-0.05, 0) is 54.8 Å². The summed E-state index contributed by atoms with van der Waals surface area (Å²) in [5.74, 6) is 0.162.